The predicted octanol–water partition coefficient (Wildman–Crippen LogP) is 3.01. The molecule has 0 unspecified atom stereocenters. The number of fused-ring (bicyclic) bond motifs is 1. The van der Waals surface area contributed by atoms with Gasteiger partial charge in [0.25, 0.3) is 5.91 Å². The predicted molar refractivity (Wildman–Crippen MR) is 104 cm³/mol. The average Bonchev–Trinajstić information content (AvgIpc) is 3.13. The summed E-state index contributed by atoms with van der Waals surface area (Å²) >= 11 is 6.43. The minimum absolute atomic E-state index is 0.270. The van der Waals surface area contributed by atoms with Crippen molar-refractivity contribution in [2.75, 3.05) is 7.11 Å². The van der Waals surface area contributed by atoms with Crippen LogP contribution in [-0.2, 0) is 6.54 Å². The highest BCUT2D eigenvalue weighted by atomic mass is 35.5. The zero-order valence-corrected chi connectivity index (χ0v) is 15.6. The van der Waals surface area contributed by atoms with Crippen LogP contribution >= 0.6 is 11.6 Å². The molecule has 0 aliphatic carbocycles. The number of aromatic nitrogens is 5. The van der Waals surface area contributed by atoms with Crippen molar-refractivity contribution >= 4 is 28.4 Å². The highest BCUT2D eigenvalue weighted by molar-refractivity contribution is 6.34. The van der Waals surface area contributed by atoms with E-state index in [1.807, 2.05) is 18.2 Å². The second kappa shape index (κ2) is 7.61. The molecule has 0 aliphatic heterocycles. The standard InChI is InChI=1S/C19H15ClN6O2/c1-28-18-9-22-17(8-23-18)13-6-16-11(5-14(13)20)4-12(26-16)7-24-19(27)15-2-3-21-10-25-15/h2-6,8-10,26H,7H2,1H3,(H,24,27). The van der Waals surface area contributed by atoms with E-state index in [4.69, 9.17) is 16.3 Å². The van der Waals surface area contributed by atoms with E-state index in [1.54, 1.807) is 18.5 Å². The Kier molecular flexibility index (Phi) is 4.86. The Morgan fingerprint density at radius 3 is 2.82 bits per heavy atom. The molecule has 0 radical (unpaired) electrons. The summed E-state index contributed by atoms with van der Waals surface area (Å²) in [7, 11) is 1.53. The van der Waals surface area contributed by atoms with Gasteiger partial charge in [-0.05, 0) is 24.3 Å². The highest BCUT2D eigenvalue weighted by Gasteiger charge is 2.11. The van der Waals surface area contributed by atoms with Crippen LogP contribution in [0.15, 0.2) is 49.2 Å². The van der Waals surface area contributed by atoms with Gasteiger partial charge in [-0.15, -0.1) is 0 Å². The molecule has 4 rings (SSSR count). The smallest absolute Gasteiger partial charge is 0.270 e. The molecule has 1 aromatic carbocycles. The summed E-state index contributed by atoms with van der Waals surface area (Å²) in [6.07, 6.45) is 6.01. The van der Waals surface area contributed by atoms with Gasteiger partial charge >= 0.3 is 0 Å². The number of hydrogen-bond donors (Lipinski definition) is 2. The number of hydrogen-bond acceptors (Lipinski definition) is 6. The topological polar surface area (TPSA) is 106 Å². The molecule has 0 bridgehead atoms. The van der Waals surface area contributed by atoms with E-state index < -0.39 is 0 Å². The van der Waals surface area contributed by atoms with Crippen molar-refractivity contribution in [3.8, 4) is 17.1 Å². The Morgan fingerprint density at radius 1 is 1.21 bits per heavy atom. The number of carbonyl (C=O) groups is 1. The summed E-state index contributed by atoms with van der Waals surface area (Å²) in [5.41, 5.74) is 3.42. The number of benzene rings is 1. The van der Waals surface area contributed by atoms with Crippen LogP contribution in [0.2, 0.25) is 5.02 Å². The van der Waals surface area contributed by atoms with Crippen LogP contribution in [0, 0.1) is 0 Å². The molecule has 0 fully saturated rings. The summed E-state index contributed by atoms with van der Waals surface area (Å²) < 4.78 is 5.03. The van der Waals surface area contributed by atoms with E-state index in [-0.39, 0.29) is 5.91 Å². The van der Waals surface area contributed by atoms with E-state index in [0.29, 0.717) is 28.8 Å². The molecule has 3 aromatic heterocycles. The number of ether oxygens (including phenoxy) is 1. The maximum Gasteiger partial charge on any atom is 0.270 e. The molecule has 0 aliphatic rings. The number of nitrogens with zero attached hydrogens (tertiary/aromatic N) is 4. The second-order valence-corrected chi connectivity index (χ2v) is 6.34. The first-order valence-corrected chi connectivity index (χ1v) is 8.73. The van der Waals surface area contributed by atoms with Gasteiger partial charge in [0.1, 0.15) is 12.0 Å². The number of amides is 1. The molecule has 0 saturated carbocycles. The molecule has 140 valence electrons. The molecule has 9 heteroatoms. The lowest BCUT2D eigenvalue weighted by Gasteiger charge is -2.05. The number of aromatic amines is 1. The van der Waals surface area contributed by atoms with E-state index in [0.717, 1.165) is 22.2 Å². The van der Waals surface area contributed by atoms with Gasteiger partial charge in [0.15, 0.2) is 0 Å². The van der Waals surface area contributed by atoms with Gasteiger partial charge in [-0.25, -0.2) is 19.9 Å². The lowest BCUT2D eigenvalue weighted by Crippen LogP contribution is -2.23. The number of carbonyl (C=O) groups excluding carboxylic acids is 1. The Balaban J connectivity index is 1.56. The lowest BCUT2D eigenvalue weighted by molar-refractivity contribution is 0.0945. The number of halogens is 1. The SMILES string of the molecule is COc1cnc(-c2cc3[nH]c(CNC(=O)c4ccncn4)cc3cc2Cl)cn1. The van der Waals surface area contributed by atoms with E-state index in [1.165, 1.54) is 19.6 Å². The molecule has 1 amide bonds. The van der Waals surface area contributed by atoms with E-state index >= 15 is 0 Å². The Morgan fingerprint density at radius 2 is 2.11 bits per heavy atom. The molecular formula is C19H15ClN6O2. The van der Waals surface area contributed by atoms with Crippen molar-refractivity contribution in [2.45, 2.75) is 6.54 Å². The van der Waals surface area contributed by atoms with Crippen LogP contribution < -0.4 is 10.1 Å². The van der Waals surface area contributed by atoms with Crippen molar-refractivity contribution in [3.05, 3.63) is 65.6 Å². The first-order chi connectivity index (χ1) is 13.6. The summed E-state index contributed by atoms with van der Waals surface area (Å²) in [6.45, 7) is 0.326. The fourth-order valence-corrected chi connectivity index (χ4v) is 3.03. The third-order valence-electron chi connectivity index (χ3n) is 4.13. The Labute approximate surface area is 165 Å². The van der Waals surface area contributed by atoms with E-state index in [2.05, 4.69) is 30.2 Å². The van der Waals surface area contributed by atoms with Gasteiger partial charge < -0.3 is 15.0 Å². The molecule has 28 heavy (non-hydrogen) atoms. The third-order valence-corrected chi connectivity index (χ3v) is 4.44. The summed E-state index contributed by atoms with van der Waals surface area (Å²) in [5, 5.41) is 4.31. The van der Waals surface area contributed by atoms with E-state index in [9.17, 15) is 4.79 Å². The maximum atomic E-state index is 12.1. The molecule has 0 spiro atoms. The van der Waals surface area contributed by atoms with Gasteiger partial charge in [0.05, 0.1) is 36.8 Å². The first-order valence-electron chi connectivity index (χ1n) is 8.36. The Bertz CT molecular complexity index is 1130. The normalized spacial score (nSPS) is 10.8. The number of nitrogens with one attached hydrogen (secondary N) is 2. The lowest BCUT2D eigenvalue weighted by atomic mass is 10.1. The maximum absolute atomic E-state index is 12.1. The minimum Gasteiger partial charge on any atom is -0.480 e. The van der Waals surface area contributed by atoms with Crippen molar-refractivity contribution < 1.29 is 9.53 Å². The molecule has 2 N–H and O–H groups in total. The number of methoxy groups -OCH3 is 1. The van der Waals surface area contributed by atoms with Crippen molar-refractivity contribution in [1.82, 2.24) is 30.2 Å². The summed E-state index contributed by atoms with van der Waals surface area (Å²) in [4.78, 5) is 31.6. The van der Waals surface area contributed by atoms with Crippen molar-refractivity contribution in [1.29, 1.82) is 0 Å². The quantitative estimate of drug-likeness (QED) is 0.539. The Hall–Kier alpha value is -3.52. The molecule has 0 saturated heterocycles. The fourth-order valence-electron chi connectivity index (χ4n) is 2.76. The van der Waals surface area contributed by atoms with Gasteiger partial charge in [0.2, 0.25) is 5.88 Å². The average molecular weight is 395 g/mol. The van der Waals surface area contributed by atoms with Gasteiger partial charge in [-0.1, -0.05) is 11.6 Å². The fraction of sp³-hybridized carbons (Fsp3) is 0.105. The van der Waals surface area contributed by atoms with Crippen LogP contribution in [-0.4, -0.2) is 37.9 Å². The number of H-pyrrole nitrogens is 1. The molecule has 3 heterocycles. The van der Waals surface area contributed by atoms with Crippen molar-refractivity contribution in [2.24, 2.45) is 0 Å². The van der Waals surface area contributed by atoms with Crippen LogP contribution in [0.3, 0.4) is 0 Å². The minimum atomic E-state index is -0.270. The molecule has 4 aromatic rings. The second-order valence-electron chi connectivity index (χ2n) is 5.94. The van der Waals surface area contributed by atoms with Gasteiger partial charge in [-0.3, -0.25) is 4.79 Å². The monoisotopic (exact) mass is 394 g/mol. The molecule has 8 nitrogen and oxygen atoms in total. The molecule has 0 atom stereocenters. The third kappa shape index (κ3) is 3.63. The number of rotatable bonds is 5. The van der Waals surface area contributed by atoms with Crippen LogP contribution in [0.4, 0.5) is 0 Å². The van der Waals surface area contributed by atoms with Crippen LogP contribution in [0.1, 0.15) is 16.2 Å². The first kappa shape index (κ1) is 17.9. The van der Waals surface area contributed by atoms with Gasteiger partial charge in [0, 0.05) is 28.4 Å². The van der Waals surface area contributed by atoms with Crippen LogP contribution in [0.5, 0.6) is 5.88 Å². The largest absolute Gasteiger partial charge is 0.480 e. The van der Waals surface area contributed by atoms with Crippen LogP contribution in [0.25, 0.3) is 22.2 Å². The van der Waals surface area contributed by atoms with Crippen molar-refractivity contribution in [3.63, 3.8) is 0 Å². The summed E-state index contributed by atoms with van der Waals surface area (Å²) in [6, 6.07) is 7.25. The zero-order valence-electron chi connectivity index (χ0n) is 14.8. The zero-order chi connectivity index (χ0) is 19.5. The highest BCUT2D eigenvalue weighted by Crippen LogP contribution is 2.31. The van der Waals surface area contributed by atoms with Gasteiger partial charge in [-0.2, -0.15) is 0 Å². The molecular weight excluding hydrogens is 380 g/mol. The summed E-state index contributed by atoms with van der Waals surface area (Å²) in [5.74, 6) is 0.163.